The molecule has 0 aromatic heterocycles. The van der Waals surface area contributed by atoms with E-state index >= 15 is 0 Å². The Hall–Kier alpha value is -2.97. The minimum atomic E-state index is -1.39. The first-order valence-electron chi connectivity index (χ1n) is 9.56. The smallest absolute Gasteiger partial charge is 0.323 e. The average molecular weight is 421 g/mol. The third-order valence-corrected chi connectivity index (χ3v) is 4.50. The number of benzene rings is 2. The van der Waals surface area contributed by atoms with E-state index in [2.05, 4.69) is 13.8 Å². The van der Waals surface area contributed by atoms with Crippen LogP contribution in [0, 0.1) is 5.92 Å². The van der Waals surface area contributed by atoms with Crippen LogP contribution in [0.3, 0.4) is 0 Å². The van der Waals surface area contributed by atoms with E-state index in [1.54, 1.807) is 6.07 Å². The number of aliphatic hydroxyl groups excluding tert-OH is 1. The molecule has 166 valence electrons. The Morgan fingerprint density at radius 3 is 1.93 bits per heavy atom. The zero-order valence-electron chi connectivity index (χ0n) is 17.4. The summed E-state index contributed by atoms with van der Waals surface area (Å²) < 4.78 is 0. The van der Waals surface area contributed by atoms with Gasteiger partial charge < -0.3 is 36.4 Å². The molecule has 0 amide bonds. The predicted octanol–water partition coefficient (Wildman–Crippen LogP) is 3.01. The Balaban J connectivity index is 0.000000300. The number of rotatable bonds is 7. The van der Waals surface area contributed by atoms with Crippen LogP contribution in [0.1, 0.15) is 50.8 Å². The Kier molecular flexibility index (Phi) is 8.94. The summed E-state index contributed by atoms with van der Waals surface area (Å²) in [6, 6.07) is 8.53. The summed E-state index contributed by atoms with van der Waals surface area (Å²) in [5, 5.41) is 55.2. The van der Waals surface area contributed by atoms with E-state index in [4.69, 9.17) is 21.1 Å². The van der Waals surface area contributed by atoms with Crippen LogP contribution < -0.4 is 5.73 Å². The summed E-state index contributed by atoms with van der Waals surface area (Å²) in [5.41, 5.74) is 5.35. The summed E-state index contributed by atoms with van der Waals surface area (Å²) in [6.45, 7) is 5.58. The van der Waals surface area contributed by atoms with Crippen molar-refractivity contribution in [3.8, 4) is 23.0 Å². The zero-order chi connectivity index (χ0) is 23.1. The van der Waals surface area contributed by atoms with Gasteiger partial charge in [-0.25, -0.2) is 0 Å². The molecule has 8 nitrogen and oxygen atoms in total. The molecule has 0 saturated heterocycles. The quantitative estimate of drug-likeness (QED) is 0.335. The highest BCUT2D eigenvalue weighted by molar-refractivity contribution is 5.78. The van der Waals surface area contributed by atoms with Crippen molar-refractivity contribution >= 4 is 5.97 Å². The first-order valence-corrected chi connectivity index (χ1v) is 9.56. The number of carboxylic acids is 1. The van der Waals surface area contributed by atoms with Gasteiger partial charge in [-0.1, -0.05) is 26.0 Å². The highest BCUT2D eigenvalue weighted by atomic mass is 16.4. The average Bonchev–Trinajstić information content (AvgIpc) is 2.65. The first-order chi connectivity index (χ1) is 13.8. The van der Waals surface area contributed by atoms with Crippen LogP contribution in [-0.2, 0) is 11.2 Å². The van der Waals surface area contributed by atoms with E-state index in [0.717, 1.165) is 6.42 Å². The molecule has 8 heteroatoms. The van der Waals surface area contributed by atoms with Gasteiger partial charge in [0.05, 0.1) is 6.10 Å². The van der Waals surface area contributed by atoms with E-state index in [0.29, 0.717) is 23.5 Å². The highest BCUT2D eigenvalue weighted by Crippen LogP contribution is 2.30. The lowest BCUT2D eigenvalue weighted by atomic mass is 9.94. The molecule has 2 aromatic rings. The SMILES string of the molecule is CC(C)CCC(O)c1ccc(O)c(O)c1.C[C@](N)(Cc1ccc(O)c(O)c1)C(=O)O. The van der Waals surface area contributed by atoms with Gasteiger partial charge in [-0.3, -0.25) is 4.79 Å². The third kappa shape index (κ3) is 7.81. The molecule has 2 atom stereocenters. The van der Waals surface area contributed by atoms with Crippen LogP contribution in [-0.4, -0.2) is 42.1 Å². The molecule has 0 radical (unpaired) electrons. The Morgan fingerprint density at radius 1 is 0.933 bits per heavy atom. The Labute approximate surface area is 175 Å². The number of carboxylic acid groups (broad SMARTS) is 1. The van der Waals surface area contributed by atoms with Crippen molar-refractivity contribution in [2.75, 3.05) is 0 Å². The van der Waals surface area contributed by atoms with Crippen molar-refractivity contribution in [1.29, 1.82) is 0 Å². The molecule has 0 fully saturated rings. The number of hydrogen-bond donors (Lipinski definition) is 7. The molecule has 0 aliphatic carbocycles. The summed E-state index contributed by atoms with van der Waals surface area (Å²) in [4.78, 5) is 10.7. The fourth-order valence-corrected chi connectivity index (χ4v) is 2.58. The van der Waals surface area contributed by atoms with Gasteiger partial charge in [0.1, 0.15) is 5.54 Å². The van der Waals surface area contributed by atoms with Crippen LogP contribution in [0.15, 0.2) is 36.4 Å². The summed E-state index contributed by atoms with van der Waals surface area (Å²) >= 11 is 0. The van der Waals surface area contributed by atoms with Gasteiger partial charge in [-0.15, -0.1) is 0 Å². The first kappa shape index (κ1) is 25.1. The summed E-state index contributed by atoms with van der Waals surface area (Å²) in [5.74, 6) is -1.44. The number of aliphatic hydroxyl groups is 1. The highest BCUT2D eigenvalue weighted by Gasteiger charge is 2.28. The molecular formula is C22H31NO7. The largest absolute Gasteiger partial charge is 0.504 e. The lowest BCUT2D eigenvalue weighted by Gasteiger charge is -2.19. The Morgan fingerprint density at radius 2 is 1.47 bits per heavy atom. The molecule has 8 N–H and O–H groups in total. The van der Waals surface area contributed by atoms with E-state index in [1.165, 1.54) is 37.3 Å². The van der Waals surface area contributed by atoms with Gasteiger partial charge in [-0.2, -0.15) is 0 Å². The van der Waals surface area contributed by atoms with Crippen molar-refractivity contribution in [3.63, 3.8) is 0 Å². The number of nitrogens with two attached hydrogens (primary N) is 1. The fraction of sp³-hybridized carbons (Fsp3) is 0.409. The lowest BCUT2D eigenvalue weighted by molar-refractivity contribution is -0.142. The van der Waals surface area contributed by atoms with Crippen LogP contribution in [0.25, 0.3) is 0 Å². The summed E-state index contributed by atoms with van der Waals surface area (Å²) in [6.07, 6.45) is 1.11. The molecule has 30 heavy (non-hydrogen) atoms. The number of carbonyl (C=O) groups is 1. The van der Waals surface area contributed by atoms with Gasteiger partial charge in [0.15, 0.2) is 23.0 Å². The van der Waals surface area contributed by atoms with Crippen LogP contribution >= 0.6 is 0 Å². The van der Waals surface area contributed by atoms with Gasteiger partial charge in [0, 0.05) is 6.42 Å². The number of phenols is 4. The van der Waals surface area contributed by atoms with Gasteiger partial charge in [-0.05, 0) is 61.1 Å². The minimum Gasteiger partial charge on any atom is -0.504 e. The lowest BCUT2D eigenvalue weighted by Crippen LogP contribution is -2.46. The normalized spacial score (nSPS) is 13.8. The van der Waals surface area contributed by atoms with E-state index in [-0.39, 0.29) is 29.4 Å². The molecule has 0 aliphatic heterocycles. The topological polar surface area (TPSA) is 164 Å². The number of aromatic hydroxyl groups is 4. The molecular weight excluding hydrogens is 390 g/mol. The maximum Gasteiger partial charge on any atom is 0.323 e. The molecule has 0 saturated carbocycles. The number of hydrogen-bond acceptors (Lipinski definition) is 7. The second-order valence-corrected chi connectivity index (χ2v) is 7.96. The fourth-order valence-electron chi connectivity index (χ4n) is 2.58. The molecule has 2 aromatic carbocycles. The molecule has 1 unspecified atom stereocenters. The maximum absolute atomic E-state index is 10.7. The van der Waals surface area contributed by atoms with E-state index in [9.17, 15) is 20.1 Å². The molecule has 0 spiro atoms. The number of aliphatic carboxylic acids is 1. The molecule has 2 rings (SSSR count). The second kappa shape index (κ2) is 10.7. The minimum absolute atomic E-state index is 0.0795. The third-order valence-electron chi connectivity index (χ3n) is 4.50. The second-order valence-electron chi connectivity index (χ2n) is 7.96. The zero-order valence-corrected chi connectivity index (χ0v) is 17.4. The van der Waals surface area contributed by atoms with Crippen LogP contribution in [0.5, 0.6) is 23.0 Å². The molecule has 0 heterocycles. The van der Waals surface area contributed by atoms with Crippen molar-refractivity contribution in [2.24, 2.45) is 11.7 Å². The monoisotopic (exact) mass is 421 g/mol. The maximum atomic E-state index is 10.7. The Bertz CT molecular complexity index is 849. The van der Waals surface area contributed by atoms with Crippen molar-refractivity contribution in [1.82, 2.24) is 0 Å². The predicted molar refractivity (Wildman–Crippen MR) is 113 cm³/mol. The molecule has 0 aliphatic rings. The number of phenolic OH excluding ortho intramolecular Hbond substituents is 4. The van der Waals surface area contributed by atoms with Crippen molar-refractivity contribution in [2.45, 2.75) is 51.7 Å². The van der Waals surface area contributed by atoms with Gasteiger partial charge in [0.25, 0.3) is 0 Å². The van der Waals surface area contributed by atoms with Crippen LogP contribution in [0.2, 0.25) is 0 Å². The van der Waals surface area contributed by atoms with Crippen molar-refractivity contribution < 1.29 is 35.4 Å². The summed E-state index contributed by atoms with van der Waals surface area (Å²) in [7, 11) is 0. The van der Waals surface area contributed by atoms with E-state index in [1.807, 2.05) is 0 Å². The van der Waals surface area contributed by atoms with Crippen LogP contribution in [0.4, 0.5) is 0 Å². The molecule has 0 bridgehead atoms. The van der Waals surface area contributed by atoms with Gasteiger partial charge >= 0.3 is 5.97 Å². The van der Waals surface area contributed by atoms with Crippen molar-refractivity contribution in [3.05, 3.63) is 47.5 Å². The van der Waals surface area contributed by atoms with Gasteiger partial charge in [0.2, 0.25) is 0 Å². The van der Waals surface area contributed by atoms with E-state index < -0.39 is 17.6 Å². The standard InChI is InChI=1S/C12H18O3.C10H13NO4/c1-8(2)3-5-10(13)9-4-6-11(14)12(15)7-9;1-10(11,9(14)15)5-6-2-3-7(12)8(13)4-6/h4,6-8,10,13-15H,3,5H2,1-2H3;2-4,12-13H,5,11H2,1H3,(H,14,15)/t;10-/m.0/s1.